The largest absolute Gasteiger partial charge is 0.493 e. The fourth-order valence-electron chi connectivity index (χ4n) is 3.07. The summed E-state index contributed by atoms with van der Waals surface area (Å²) in [5.74, 6) is 2.28. The lowest BCUT2D eigenvalue weighted by molar-refractivity contribution is -0.119. The fourth-order valence-corrected chi connectivity index (χ4v) is 3.07. The second-order valence-electron chi connectivity index (χ2n) is 6.38. The lowest BCUT2D eigenvalue weighted by atomic mass is 10.0. The number of H-pyrrole nitrogens is 1. The van der Waals surface area contributed by atoms with E-state index in [2.05, 4.69) is 25.5 Å². The number of methoxy groups -OCH3 is 2. The predicted octanol–water partition coefficient (Wildman–Crippen LogP) is 1.30. The Morgan fingerprint density at radius 1 is 1.25 bits per heavy atom. The van der Waals surface area contributed by atoms with E-state index in [1.807, 2.05) is 19.4 Å². The Hall–Kier alpha value is -3.56. The molecule has 0 bridgehead atoms. The summed E-state index contributed by atoms with van der Waals surface area (Å²) in [6.07, 6.45) is 1.82. The maximum Gasteiger partial charge on any atom is 0.240 e. The number of aryl methyl sites for hydroxylation is 1. The van der Waals surface area contributed by atoms with E-state index in [-0.39, 0.29) is 0 Å². The van der Waals surface area contributed by atoms with Crippen molar-refractivity contribution >= 4 is 34.4 Å². The molecule has 1 aliphatic rings. The van der Waals surface area contributed by atoms with Crippen molar-refractivity contribution in [3.8, 4) is 11.5 Å². The van der Waals surface area contributed by atoms with Crippen LogP contribution in [0.3, 0.4) is 0 Å². The summed E-state index contributed by atoms with van der Waals surface area (Å²) >= 11 is 0. The average molecular weight is 382 g/mol. The Kier molecular flexibility index (Phi) is 4.38. The number of aromatic amines is 1. The fraction of sp³-hybridized carbons (Fsp3) is 0.278. The number of fused-ring (bicyclic) bond motifs is 1. The highest BCUT2D eigenvalue weighted by Gasteiger charge is 2.35. The van der Waals surface area contributed by atoms with Crippen molar-refractivity contribution < 1.29 is 14.3 Å². The van der Waals surface area contributed by atoms with Crippen molar-refractivity contribution in [3.63, 3.8) is 0 Å². The van der Waals surface area contributed by atoms with Gasteiger partial charge in [-0.15, -0.1) is 0 Å². The molecular weight excluding hydrogens is 362 g/mol. The van der Waals surface area contributed by atoms with Crippen LogP contribution < -0.4 is 25.4 Å². The van der Waals surface area contributed by atoms with Gasteiger partial charge >= 0.3 is 0 Å². The first-order chi connectivity index (χ1) is 13.5. The lowest BCUT2D eigenvalue weighted by Gasteiger charge is -2.38. The monoisotopic (exact) mass is 382 g/mol. The van der Waals surface area contributed by atoms with E-state index in [0.29, 0.717) is 41.1 Å². The molecular formula is C18H20N7O3. The van der Waals surface area contributed by atoms with Crippen LogP contribution >= 0.6 is 0 Å². The van der Waals surface area contributed by atoms with Crippen molar-refractivity contribution in [2.45, 2.75) is 13.0 Å². The summed E-state index contributed by atoms with van der Waals surface area (Å²) in [6.45, 7) is 2.42. The Labute approximate surface area is 161 Å². The van der Waals surface area contributed by atoms with Gasteiger partial charge in [0.15, 0.2) is 11.5 Å². The molecule has 0 saturated carbocycles. The summed E-state index contributed by atoms with van der Waals surface area (Å²) in [4.78, 5) is 22.6. The third-order valence-corrected chi connectivity index (χ3v) is 4.56. The third-order valence-electron chi connectivity index (χ3n) is 4.56. The van der Waals surface area contributed by atoms with Gasteiger partial charge in [-0.2, -0.15) is 10.1 Å². The number of ether oxygens (including phenoxy) is 2. The summed E-state index contributed by atoms with van der Waals surface area (Å²) in [7, 11) is 3.13. The SMILES string of the molecule is COc1cc2nc(N3C[CH]C3C(N)=O)nc(Nc3cc(C)n[nH]3)c2cc1OC. The number of nitrogens with two attached hydrogens (primary N) is 1. The Morgan fingerprint density at radius 3 is 2.57 bits per heavy atom. The van der Waals surface area contributed by atoms with E-state index in [1.54, 1.807) is 31.3 Å². The summed E-state index contributed by atoms with van der Waals surface area (Å²) < 4.78 is 10.8. The van der Waals surface area contributed by atoms with Gasteiger partial charge in [0.25, 0.3) is 0 Å². The number of nitrogens with zero attached hydrogens (tertiary/aromatic N) is 4. The number of primary amides is 1. The van der Waals surface area contributed by atoms with E-state index < -0.39 is 11.9 Å². The van der Waals surface area contributed by atoms with Crippen LogP contribution in [0, 0.1) is 13.3 Å². The van der Waals surface area contributed by atoms with Gasteiger partial charge < -0.3 is 25.4 Å². The Bertz CT molecular complexity index is 1050. The number of rotatable bonds is 6. The molecule has 1 unspecified atom stereocenters. The maximum absolute atomic E-state index is 11.6. The number of carbonyl (C=O) groups excluding carboxylic acids is 1. The summed E-state index contributed by atoms with van der Waals surface area (Å²) in [6, 6.07) is 4.90. The standard InChI is InChI=1S/C18H20N7O3/c1-9-6-15(24-23-9)21-17-10-7-13(27-2)14(28-3)8-11(10)20-18(22-17)25-5-4-12(25)16(19)26/h4,6-8,12H,5H2,1-3H3,(H2,19,26)(H2,20,21,22,23,24). The number of aromatic nitrogens is 4. The number of amides is 1. The van der Waals surface area contributed by atoms with Crippen LogP contribution in [-0.4, -0.2) is 52.9 Å². The van der Waals surface area contributed by atoms with E-state index in [1.165, 1.54) is 0 Å². The molecule has 145 valence electrons. The summed E-state index contributed by atoms with van der Waals surface area (Å²) in [5, 5.41) is 11.0. The number of anilines is 3. The highest BCUT2D eigenvalue weighted by Crippen LogP contribution is 2.36. The second-order valence-corrected chi connectivity index (χ2v) is 6.38. The first-order valence-electron chi connectivity index (χ1n) is 8.62. The number of benzene rings is 1. The van der Waals surface area contributed by atoms with Crippen molar-refractivity contribution in [1.29, 1.82) is 0 Å². The summed E-state index contributed by atoms with van der Waals surface area (Å²) in [5.41, 5.74) is 6.93. The molecule has 0 aliphatic carbocycles. The quantitative estimate of drug-likeness (QED) is 0.581. The number of nitrogens with one attached hydrogen (secondary N) is 2. The molecule has 1 radical (unpaired) electrons. The molecule has 28 heavy (non-hydrogen) atoms. The van der Waals surface area contributed by atoms with Crippen LogP contribution in [0.5, 0.6) is 11.5 Å². The normalized spacial score (nSPS) is 16.0. The number of carbonyl (C=O) groups is 1. The van der Waals surface area contributed by atoms with E-state index in [0.717, 1.165) is 11.1 Å². The molecule has 1 atom stereocenters. The van der Waals surface area contributed by atoms with Crippen molar-refractivity contribution in [1.82, 2.24) is 20.2 Å². The molecule has 4 N–H and O–H groups in total. The van der Waals surface area contributed by atoms with Gasteiger partial charge in [0, 0.05) is 30.5 Å². The molecule has 10 nitrogen and oxygen atoms in total. The number of hydrogen-bond donors (Lipinski definition) is 3. The zero-order valence-electron chi connectivity index (χ0n) is 15.7. The molecule has 1 amide bonds. The Morgan fingerprint density at radius 2 is 2.00 bits per heavy atom. The minimum absolute atomic E-state index is 0.393. The van der Waals surface area contributed by atoms with Crippen LogP contribution in [0.4, 0.5) is 17.6 Å². The van der Waals surface area contributed by atoms with E-state index >= 15 is 0 Å². The third kappa shape index (κ3) is 3.02. The van der Waals surface area contributed by atoms with Crippen molar-refractivity contribution in [2.75, 3.05) is 31.0 Å². The first-order valence-corrected chi connectivity index (χ1v) is 8.62. The highest BCUT2D eigenvalue weighted by atomic mass is 16.5. The van der Waals surface area contributed by atoms with Crippen LogP contribution in [0.15, 0.2) is 18.2 Å². The molecule has 10 heteroatoms. The molecule has 2 aromatic heterocycles. The van der Waals surface area contributed by atoms with Gasteiger partial charge in [-0.3, -0.25) is 9.89 Å². The maximum atomic E-state index is 11.6. The van der Waals surface area contributed by atoms with Crippen LogP contribution in [0.2, 0.25) is 0 Å². The minimum Gasteiger partial charge on any atom is -0.493 e. The van der Waals surface area contributed by atoms with Crippen molar-refractivity contribution in [2.24, 2.45) is 5.73 Å². The molecule has 1 aromatic carbocycles. The van der Waals surface area contributed by atoms with Crippen molar-refractivity contribution in [3.05, 3.63) is 30.3 Å². The van der Waals surface area contributed by atoms with Crippen LogP contribution in [0.25, 0.3) is 10.9 Å². The first kappa shape index (κ1) is 17.8. The van der Waals surface area contributed by atoms with Crippen LogP contribution in [-0.2, 0) is 4.79 Å². The minimum atomic E-state index is -0.528. The average Bonchev–Trinajstić information content (AvgIpc) is 3.04. The number of hydrogen-bond acceptors (Lipinski definition) is 8. The molecule has 0 spiro atoms. The van der Waals surface area contributed by atoms with Crippen LogP contribution in [0.1, 0.15) is 5.69 Å². The zero-order valence-corrected chi connectivity index (χ0v) is 15.7. The topological polar surface area (TPSA) is 131 Å². The molecule has 1 fully saturated rings. The van der Waals surface area contributed by atoms with Gasteiger partial charge in [0.05, 0.1) is 25.4 Å². The smallest absolute Gasteiger partial charge is 0.240 e. The molecule has 1 saturated heterocycles. The van der Waals surface area contributed by atoms with Gasteiger partial charge in [0.2, 0.25) is 11.9 Å². The second kappa shape index (κ2) is 6.87. The molecule has 1 aliphatic heterocycles. The van der Waals surface area contributed by atoms with Gasteiger partial charge in [-0.25, -0.2) is 4.98 Å². The van der Waals surface area contributed by atoms with Gasteiger partial charge in [-0.05, 0) is 13.0 Å². The lowest BCUT2D eigenvalue weighted by Crippen LogP contribution is -2.56. The predicted molar refractivity (Wildman–Crippen MR) is 104 cm³/mol. The van der Waals surface area contributed by atoms with E-state index in [9.17, 15) is 4.79 Å². The van der Waals surface area contributed by atoms with Gasteiger partial charge in [0.1, 0.15) is 17.7 Å². The van der Waals surface area contributed by atoms with E-state index in [4.69, 9.17) is 15.2 Å². The molecule has 4 rings (SSSR count). The molecule has 3 aromatic rings. The highest BCUT2D eigenvalue weighted by molar-refractivity contribution is 5.95. The zero-order chi connectivity index (χ0) is 19.8. The Balaban J connectivity index is 1.85. The molecule has 3 heterocycles. The van der Waals surface area contributed by atoms with Gasteiger partial charge in [-0.1, -0.05) is 0 Å².